The molecule has 3 aromatic heterocycles. The van der Waals surface area contributed by atoms with Crippen LogP contribution in [0.15, 0.2) is 73.3 Å². The first-order valence-corrected chi connectivity index (χ1v) is 7.60. The van der Waals surface area contributed by atoms with Crippen molar-refractivity contribution in [3.05, 3.63) is 73.3 Å². The predicted octanol–water partition coefficient (Wildman–Crippen LogP) is 3.13. The van der Waals surface area contributed by atoms with Crippen LogP contribution < -0.4 is 0 Å². The van der Waals surface area contributed by atoms with Crippen molar-refractivity contribution in [2.24, 2.45) is 0 Å². The fourth-order valence-corrected chi connectivity index (χ4v) is 2.90. The number of para-hydroxylation sites is 1. The van der Waals surface area contributed by atoms with E-state index in [2.05, 4.69) is 15.2 Å². The van der Waals surface area contributed by atoms with Crippen LogP contribution in [0.5, 0.6) is 0 Å². The standard InChI is InChI=1S/C18H12N6/c1-3-7-13(8-4-1)16-15-17(19-11-23-12-20-21-18(15)23)24(22-16)14-9-5-2-6-10-14/h1-12H. The second-order valence-electron chi connectivity index (χ2n) is 5.47. The van der Waals surface area contributed by atoms with Crippen LogP contribution in [0.25, 0.3) is 33.6 Å². The lowest BCUT2D eigenvalue weighted by Gasteiger charge is -2.01. The largest absolute Gasteiger partial charge is 0.271 e. The van der Waals surface area contributed by atoms with Crippen molar-refractivity contribution in [2.45, 2.75) is 0 Å². The van der Waals surface area contributed by atoms with E-state index in [1.165, 1.54) is 0 Å². The van der Waals surface area contributed by atoms with E-state index in [9.17, 15) is 0 Å². The number of nitrogens with zero attached hydrogens (tertiary/aromatic N) is 6. The maximum absolute atomic E-state index is 4.83. The zero-order chi connectivity index (χ0) is 15.9. The highest BCUT2D eigenvalue weighted by molar-refractivity contribution is 6.01. The van der Waals surface area contributed by atoms with Crippen molar-refractivity contribution in [3.63, 3.8) is 0 Å². The molecule has 0 aliphatic carbocycles. The Morgan fingerprint density at radius 2 is 1.50 bits per heavy atom. The number of hydrogen-bond donors (Lipinski definition) is 0. The van der Waals surface area contributed by atoms with Gasteiger partial charge in [-0.05, 0) is 12.1 Å². The van der Waals surface area contributed by atoms with Crippen molar-refractivity contribution >= 4 is 16.7 Å². The van der Waals surface area contributed by atoms with E-state index in [4.69, 9.17) is 5.10 Å². The summed E-state index contributed by atoms with van der Waals surface area (Å²) >= 11 is 0. The highest BCUT2D eigenvalue weighted by Crippen LogP contribution is 2.30. The minimum absolute atomic E-state index is 0.751. The normalized spacial score (nSPS) is 11.3. The maximum atomic E-state index is 4.83. The number of aromatic nitrogens is 6. The minimum Gasteiger partial charge on any atom is -0.271 e. The average Bonchev–Trinajstić information content (AvgIpc) is 3.27. The molecule has 24 heavy (non-hydrogen) atoms. The molecular formula is C18H12N6. The van der Waals surface area contributed by atoms with Crippen LogP contribution in [0, 0.1) is 0 Å². The molecule has 3 heterocycles. The van der Waals surface area contributed by atoms with Crippen LogP contribution in [0.3, 0.4) is 0 Å². The molecule has 5 aromatic rings. The number of benzene rings is 2. The first-order valence-electron chi connectivity index (χ1n) is 7.60. The number of fused-ring (bicyclic) bond motifs is 3. The van der Waals surface area contributed by atoms with E-state index >= 15 is 0 Å². The molecule has 0 aliphatic rings. The van der Waals surface area contributed by atoms with E-state index in [-0.39, 0.29) is 0 Å². The summed E-state index contributed by atoms with van der Waals surface area (Å²) in [6, 6.07) is 20.0. The third-order valence-corrected chi connectivity index (χ3v) is 4.01. The molecule has 0 amide bonds. The quantitative estimate of drug-likeness (QED) is 0.502. The number of hydrogen-bond acceptors (Lipinski definition) is 4. The van der Waals surface area contributed by atoms with Gasteiger partial charge < -0.3 is 0 Å². The second-order valence-corrected chi connectivity index (χ2v) is 5.47. The highest BCUT2D eigenvalue weighted by atomic mass is 15.3. The van der Waals surface area contributed by atoms with Gasteiger partial charge >= 0.3 is 0 Å². The zero-order valence-electron chi connectivity index (χ0n) is 12.6. The van der Waals surface area contributed by atoms with Crippen LogP contribution in [0.2, 0.25) is 0 Å². The molecule has 0 atom stereocenters. The van der Waals surface area contributed by atoms with Gasteiger partial charge in [-0.3, -0.25) is 4.40 Å². The van der Waals surface area contributed by atoms with Gasteiger partial charge in [0, 0.05) is 5.56 Å². The first kappa shape index (κ1) is 13.0. The third kappa shape index (κ3) is 1.83. The first-order chi connectivity index (χ1) is 11.9. The molecule has 0 bridgehead atoms. The van der Waals surface area contributed by atoms with Gasteiger partial charge in [0.1, 0.15) is 18.3 Å². The van der Waals surface area contributed by atoms with Gasteiger partial charge in [0.05, 0.1) is 11.1 Å². The van der Waals surface area contributed by atoms with Crippen LogP contribution in [-0.4, -0.2) is 29.4 Å². The summed E-state index contributed by atoms with van der Waals surface area (Å²) in [4.78, 5) is 4.59. The van der Waals surface area contributed by atoms with Gasteiger partial charge in [0.25, 0.3) is 0 Å². The molecule has 0 spiro atoms. The lowest BCUT2D eigenvalue weighted by Crippen LogP contribution is -1.98. The lowest BCUT2D eigenvalue weighted by atomic mass is 10.1. The molecule has 0 aliphatic heterocycles. The molecule has 2 aromatic carbocycles. The van der Waals surface area contributed by atoms with Crippen LogP contribution >= 0.6 is 0 Å². The SMILES string of the molecule is c1ccc(-c2nn(-c3ccccc3)c3ncn4cnnc4c23)cc1. The van der Waals surface area contributed by atoms with Crippen molar-refractivity contribution < 1.29 is 0 Å². The summed E-state index contributed by atoms with van der Waals surface area (Å²) in [5.41, 5.74) is 4.35. The van der Waals surface area contributed by atoms with Crippen molar-refractivity contribution in [3.8, 4) is 16.9 Å². The molecule has 0 fully saturated rings. The summed E-state index contributed by atoms with van der Waals surface area (Å²) in [7, 11) is 0. The maximum Gasteiger partial charge on any atom is 0.175 e. The van der Waals surface area contributed by atoms with Gasteiger partial charge in [-0.25, -0.2) is 9.67 Å². The zero-order valence-corrected chi connectivity index (χ0v) is 12.6. The Bertz CT molecular complexity index is 1140. The predicted molar refractivity (Wildman–Crippen MR) is 90.8 cm³/mol. The highest BCUT2D eigenvalue weighted by Gasteiger charge is 2.18. The molecule has 114 valence electrons. The van der Waals surface area contributed by atoms with E-state index < -0.39 is 0 Å². The van der Waals surface area contributed by atoms with Crippen molar-refractivity contribution in [1.29, 1.82) is 0 Å². The molecule has 5 rings (SSSR count). The molecule has 0 N–H and O–H groups in total. The topological polar surface area (TPSA) is 60.9 Å². The van der Waals surface area contributed by atoms with Gasteiger partial charge in [-0.2, -0.15) is 5.10 Å². The third-order valence-electron chi connectivity index (χ3n) is 4.01. The molecule has 6 nitrogen and oxygen atoms in total. The smallest absolute Gasteiger partial charge is 0.175 e. The van der Waals surface area contributed by atoms with Crippen LogP contribution in [0.4, 0.5) is 0 Å². The Morgan fingerprint density at radius 1 is 0.750 bits per heavy atom. The Labute approximate surface area is 137 Å². The summed E-state index contributed by atoms with van der Waals surface area (Å²) < 4.78 is 3.66. The Morgan fingerprint density at radius 3 is 2.29 bits per heavy atom. The lowest BCUT2D eigenvalue weighted by molar-refractivity contribution is 0.897. The average molecular weight is 312 g/mol. The van der Waals surface area contributed by atoms with E-state index in [1.807, 2.05) is 69.7 Å². The molecular weight excluding hydrogens is 300 g/mol. The summed E-state index contributed by atoms with van der Waals surface area (Å²) in [6.45, 7) is 0. The summed E-state index contributed by atoms with van der Waals surface area (Å²) in [5.74, 6) is 0. The van der Waals surface area contributed by atoms with Crippen molar-refractivity contribution in [1.82, 2.24) is 29.4 Å². The van der Waals surface area contributed by atoms with Gasteiger partial charge in [-0.1, -0.05) is 48.5 Å². The summed E-state index contributed by atoms with van der Waals surface area (Å²) in [6.07, 6.45) is 3.37. The molecule has 6 heteroatoms. The number of rotatable bonds is 2. The van der Waals surface area contributed by atoms with Crippen molar-refractivity contribution in [2.75, 3.05) is 0 Å². The second kappa shape index (κ2) is 4.99. The van der Waals surface area contributed by atoms with E-state index in [1.54, 1.807) is 12.7 Å². The van der Waals surface area contributed by atoms with Crippen LogP contribution in [-0.2, 0) is 0 Å². The molecule has 0 saturated carbocycles. The molecule has 0 unspecified atom stereocenters. The van der Waals surface area contributed by atoms with Gasteiger partial charge in [-0.15, -0.1) is 10.2 Å². The minimum atomic E-state index is 0.751. The Balaban J connectivity index is 1.93. The molecule has 0 radical (unpaired) electrons. The van der Waals surface area contributed by atoms with Crippen LogP contribution in [0.1, 0.15) is 0 Å². The van der Waals surface area contributed by atoms with E-state index in [0.717, 1.165) is 33.6 Å². The monoisotopic (exact) mass is 312 g/mol. The molecule has 0 saturated heterocycles. The fraction of sp³-hybridized carbons (Fsp3) is 0. The Kier molecular flexibility index (Phi) is 2.69. The summed E-state index contributed by atoms with van der Waals surface area (Å²) in [5, 5.41) is 14.0. The van der Waals surface area contributed by atoms with Gasteiger partial charge in [0.2, 0.25) is 0 Å². The van der Waals surface area contributed by atoms with E-state index in [0.29, 0.717) is 0 Å². The van der Waals surface area contributed by atoms with Gasteiger partial charge in [0.15, 0.2) is 11.3 Å². The fourth-order valence-electron chi connectivity index (χ4n) is 2.90. The Hall–Kier alpha value is -3.54.